The first-order chi connectivity index (χ1) is 7.81. The van der Waals surface area contributed by atoms with Crippen LogP contribution in [0.4, 0.5) is 13.2 Å². The normalized spacial score (nSPS) is 13.4. The third kappa shape index (κ3) is 2.82. The predicted molar refractivity (Wildman–Crippen MR) is 55.2 cm³/mol. The van der Waals surface area contributed by atoms with Gasteiger partial charge in [0.05, 0.1) is 20.3 Å². The molecule has 0 fully saturated rings. The Kier molecular flexibility index (Phi) is 3.87. The van der Waals surface area contributed by atoms with E-state index in [2.05, 4.69) is 0 Å². The average molecular weight is 250 g/mol. The lowest BCUT2D eigenvalue weighted by atomic mass is 10.0. The zero-order valence-corrected chi connectivity index (χ0v) is 9.63. The van der Waals surface area contributed by atoms with Crippen LogP contribution in [-0.2, 0) is 6.18 Å². The minimum atomic E-state index is -4.57. The molecule has 0 aliphatic carbocycles. The van der Waals surface area contributed by atoms with Gasteiger partial charge in [-0.3, -0.25) is 0 Å². The van der Waals surface area contributed by atoms with Crippen LogP contribution in [0, 0.1) is 0 Å². The maximum Gasteiger partial charge on any atom is 0.420 e. The van der Waals surface area contributed by atoms with E-state index in [-0.39, 0.29) is 17.1 Å². The quantitative estimate of drug-likeness (QED) is 0.896. The molecular formula is C11H13F3O3. The summed E-state index contributed by atoms with van der Waals surface area (Å²) in [4.78, 5) is 0. The fourth-order valence-corrected chi connectivity index (χ4v) is 1.44. The first kappa shape index (κ1) is 13.6. The Labute approximate surface area is 96.8 Å². The highest BCUT2D eigenvalue weighted by Crippen LogP contribution is 2.43. The van der Waals surface area contributed by atoms with Gasteiger partial charge in [-0.05, 0) is 24.6 Å². The Bertz CT molecular complexity index is 400. The summed E-state index contributed by atoms with van der Waals surface area (Å²) in [6, 6.07) is 2.17. The lowest BCUT2D eigenvalue weighted by molar-refractivity contribution is -0.139. The molecule has 1 rings (SSSR count). The molecule has 1 aromatic carbocycles. The molecule has 0 amide bonds. The number of aliphatic hydroxyl groups excluding tert-OH is 1. The standard InChI is InChI=1S/C11H13F3O3/c1-6(15)7-4-8(11(12,13)14)10(17-3)9(5-7)16-2/h4-6,15H,1-3H3. The smallest absolute Gasteiger partial charge is 0.420 e. The number of benzene rings is 1. The van der Waals surface area contributed by atoms with Crippen molar-refractivity contribution in [2.45, 2.75) is 19.2 Å². The van der Waals surface area contributed by atoms with Crippen LogP contribution in [0.3, 0.4) is 0 Å². The molecule has 3 nitrogen and oxygen atoms in total. The molecule has 1 aromatic rings. The Morgan fingerprint density at radius 3 is 2.12 bits per heavy atom. The highest BCUT2D eigenvalue weighted by molar-refractivity contribution is 5.51. The van der Waals surface area contributed by atoms with E-state index < -0.39 is 17.8 Å². The second-order valence-corrected chi connectivity index (χ2v) is 3.48. The zero-order valence-electron chi connectivity index (χ0n) is 9.63. The molecule has 0 aliphatic rings. The van der Waals surface area contributed by atoms with Crippen LogP contribution >= 0.6 is 0 Å². The topological polar surface area (TPSA) is 38.7 Å². The summed E-state index contributed by atoms with van der Waals surface area (Å²) in [5, 5.41) is 9.33. The van der Waals surface area contributed by atoms with Gasteiger partial charge in [0.15, 0.2) is 11.5 Å². The van der Waals surface area contributed by atoms with Crippen molar-refractivity contribution >= 4 is 0 Å². The molecule has 0 heterocycles. The third-order valence-corrected chi connectivity index (χ3v) is 2.29. The number of hydrogen-bond acceptors (Lipinski definition) is 3. The van der Waals surface area contributed by atoms with Gasteiger partial charge in [-0.1, -0.05) is 0 Å². The van der Waals surface area contributed by atoms with E-state index in [9.17, 15) is 18.3 Å². The van der Waals surface area contributed by atoms with Gasteiger partial charge in [-0.25, -0.2) is 0 Å². The van der Waals surface area contributed by atoms with Crippen LogP contribution in [0.25, 0.3) is 0 Å². The SMILES string of the molecule is COc1cc(C(C)O)cc(C(F)(F)F)c1OC. The number of halogens is 3. The number of alkyl halides is 3. The van der Waals surface area contributed by atoms with Crippen molar-refractivity contribution in [3.8, 4) is 11.5 Å². The van der Waals surface area contributed by atoms with Gasteiger partial charge in [-0.15, -0.1) is 0 Å². The zero-order chi connectivity index (χ0) is 13.2. The van der Waals surface area contributed by atoms with Crippen LogP contribution in [0.5, 0.6) is 11.5 Å². The van der Waals surface area contributed by atoms with Crippen LogP contribution in [0.2, 0.25) is 0 Å². The summed E-state index contributed by atoms with van der Waals surface area (Å²) in [5.41, 5.74) is -0.842. The number of ether oxygens (including phenoxy) is 2. The van der Waals surface area contributed by atoms with Gasteiger partial charge in [0.25, 0.3) is 0 Å². The monoisotopic (exact) mass is 250 g/mol. The summed E-state index contributed by atoms with van der Waals surface area (Å²) < 4.78 is 47.9. The fourth-order valence-electron chi connectivity index (χ4n) is 1.44. The highest BCUT2D eigenvalue weighted by atomic mass is 19.4. The second kappa shape index (κ2) is 4.83. The summed E-state index contributed by atoms with van der Waals surface area (Å²) >= 11 is 0. The summed E-state index contributed by atoms with van der Waals surface area (Å²) in [6.07, 6.45) is -5.58. The van der Waals surface area contributed by atoms with E-state index >= 15 is 0 Å². The minimum Gasteiger partial charge on any atom is -0.493 e. The van der Waals surface area contributed by atoms with Crippen molar-refractivity contribution in [1.29, 1.82) is 0 Å². The van der Waals surface area contributed by atoms with Gasteiger partial charge in [-0.2, -0.15) is 13.2 Å². The Balaban J connectivity index is 3.48. The number of aliphatic hydroxyl groups is 1. The van der Waals surface area contributed by atoms with Crippen LogP contribution in [-0.4, -0.2) is 19.3 Å². The molecular weight excluding hydrogens is 237 g/mol. The van der Waals surface area contributed by atoms with Crippen molar-refractivity contribution in [2.24, 2.45) is 0 Å². The highest BCUT2D eigenvalue weighted by Gasteiger charge is 2.36. The Morgan fingerprint density at radius 2 is 1.76 bits per heavy atom. The van der Waals surface area contributed by atoms with E-state index in [1.807, 2.05) is 0 Å². The molecule has 96 valence electrons. The van der Waals surface area contributed by atoms with Gasteiger partial charge >= 0.3 is 6.18 Å². The Morgan fingerprint density at radius 1 is 1.18 bits per heavy atom. The van der Waals surface area contributed by atoms with Crippen molar-refractivity contribution in [1.82, 2.24) is 0 Å². The van der Waals surface area contributed by atoms with Gasteiger partial charge in [0.1, 0.15) is 5.56 Å². The van der Waals surface area contributed by atoms with E-state index in [0.717, 1.165) is 13.2 Å². The maximum atomic E-state index is 12.8. The second-order valence-electron chi connectivity index (χ2n) is 3.48. The van der Waals surface area contributed by atoms with Crippen LogP contribution in [0.1, 0.15) is 24.2 Å². The molecule has 0 aliphatic heterocycles. The first-order valence-electron chi connectivity index (χ1n) is 4.82. The molecule has 0 spiro atoms. The predicted octanol–water partition coefficient (Wildman–Crippen LogP) is 2.78. The van der Waals surface area contributed by atoms with Crippen molar-refractivity contribution in [3.05, 3.63) is 23.3 Å². The molecule has 0 radical (unpaired) electrons. The Hall–Kier alpha value is -1.43. The van der Waals surface area contributed by atoms with E-state index in [4.69, 9.17) is 9.47 Å². The molecule has 6 heteroatoms. The van der Waals surface area contributed by atoms with Crippen molar-refractivity contribution in [2.75, 3.05) is 14.2 Å². The van der Waals surface area contributed by atoms with Gasteiger partial charge in [0, 0.05) is 0 Å². The number of methoxy groups -OCH3 is 2. The molecule has 0 saturated heterocycles. The average Bonchev–Trinajstić information content (AvgIpc) is 2.25. The van der Waals surface area contributed by atoms with Crippen molar-refractivity contribution < 1.29 is 27.8 Å². The van der Waals surface area contributed by atoms with Crippen LogP contribution < -0.4 is 9.47 Å². The molecule has 0 saturated carbocycles. The van der Waals surface area contributed by atoms with E-state index in [0.29, 0.717) is 0 Å². The molecule has 0 aromatic heterocycles. The minimum absolute atomic E-state index is 0.0572. The summed E-state index contributed by atoms with van der Waals surface area (Å²) in [6.45, 7) is 1.38. The third-order valence-electron chi connectivity index (χ3n) is 2.29. The number of hydrogen-bond donors (Lipinski definition) is 1. The molecule has 1 N–H and O–H groups in total. The largest absolute Gasteiger partial charge is 0.493 e. The van der Waals surface area contributed by atoms with E-state index in [1.54, 1.807) is 0 Å². The van der Waals surface area contributed by atoms with Gasteiger partial charge in [0.2, 0.25) is 0 Å². The van der Waals surface area contributed by atoms with Crippen LogP contribution in [0.15, 0.2) is 12.1 Å². The maximum absolute atomic E-state index is 12.8. The fraction of sp³-hybridized carbons (Fsp3) is 0.455. The van der Waals surface area contributed by atoms with Crippen molar-refractivity contribution in [3.63, 3.8) is 0 Å². The van der Waals surface area contributed by atoms with E-state index in [1.165, 1.54) is 20.1 Å². The molecule has 1 atom stereocenters. The summed E-state index contributed by atoms with van der Waals surface area (Å²) in [5.74, 6) is -0.442. The lowest BCUT2D eigenvalue weighted by Crippen LogP contribution is -2.10. The lowest BCUT2D eigenvalue weighted by Gasteiger charge is -2.17. The molecule has 17 heavy (non-hydrogen) atoms. The number of rotatable bonds is 3. The first-order valence-corrected chi connectivity index (χ1v) is 4.82. The summed E-state index contributed by atoms with van der Waals surface area (Å²) in [7, 11) is 2.37. The molecule has 0 bridgehead atoms. The molecule has 1 unspecified atom stereocenters. The van der Waals surface area contributed by atoms with Gasteiger partial charge < -0.3 is 14.6 Å².